The molecule has 2 aromatic rings. The Bertz CT molecular complexity index is 1020. The molecule has 2 N–H and O–H groups in total. The summed E-state index contributed by atoms with van der Waals surface area (Å²) in [5.74, 6) is 2.49. The van der Waals surface area contributed by atoms with Crippen molar-refractivity contribution in [1.82, 2.24) is 19.9 Å². The van der Waals surface area contributed by atoms with Crippen molar-refractivity contribution in [3.8, 4) is 0 Å². The fourth-order valence-corrected chi connectivity index (χ4v) is 4.85. The van der Waals surface area contributed by atoms with Crippen LogP contribution < -0.4 is 15.1 Å². The number of nitrogens with zero attached hydrogens (tertiary/aromatic N) is 6. The van der Waals surface area contributed by atoms with Crippen molar-refractivity contribution in [1.29, 1.82) is 0 Å². The predicted molar refractivity (Wildman–Crippen MR) is 123 cm³/mol. The van der Waals surface area contributed by atoms with Crippen LogP contribution in [0.3, 0.4) is 0 Å². The maximum absolute atomic E-state index is 12.5. The first-order chi connectivity index (χ1) is 14.8. The minimum absolute atomic E-state index is 0.0594. The third-order valence-corrected chi connectivity index (χ3v) is 6.92. The maximum Gasteiger partial charge on any atom is 0.227 e. The summed E-state index contributed by atoms with van der Waals surface area (Å²) in [7, 11) is 2.82. The molecule has 1 atom stereocenters. The Labute approximate surface area is 185 Å². The van der Waals surface area contributed by atoms with Gasteiger partial charge in [-0.1, -0.05) is 6.08 Å². The summed E-state index contributed by atoms with van der Waals surface area (Å²) in [4.78, 5) is 23.2. The summed E-state index contributed by atoms with van der Waals surface area (Å²) in [5, 5.41) is 12.9. The molecule has 9 nitrogen and oxygen atoms in total. The summed E-state index contributed by atoms with van der Waals surface area (Å²) < 4.78 is 12.5. The topological polar surface area (TPSA) is 107 Å². The molecule has 10 heteroatoms. The lowest BCUT2D eigenvalue weighted by Crippen LogP contribution is -2.36. The van der Waals surface area contributed by atoms with Crippen molar-refractivity contribution in [3.63, 3.8) is 0 Å². The van der Waals surface area contributed by atoms with E-state index in [1.54, 1.807) is 0 Å². The summed E-state index contributed by atoms with van der Waals surface area (Å²) >= 11 is 0. The van der Waals surface area contributed by atoms with E-state index in [-0.39, 0.29) is 6.61 Å². The third-order valence-electron chi connectivity index (χ3n) is 5.46. The van der Waals surface area contributed by atoms with Crippen LogP contribution in [0.15, 0.2) is 23.4 Å². The third kappa shape index (κ3) is 4.54. The van der Waals surface area contributed by atoms with Gasteiger partial charge in [0, 0.05) is 39.4 Å². The summed E-state index contributed by atoms with van der Waals surface area (Å²) in [6, 6.07) is 0. The summed E-state index contributed by atoms with van der Waals surface area (Å²) in [5.41, 5.74) is 2.34. The van der Waals surface area contributed by atoms with E-state index >= 15 is 0 Å². The van der Waals surface area contributed by atoms with Crippen LogP contribution in [0.25, 0.3) is 5.57 Å². The van der Waals surface area contributed by atoms with Gasteiger partial charge in [0.25, 0.3) is 0 Å². The fourth-order valence-electron chi connectivity index (χ4n) is 3.54. The van der Waals surface area contributed by atoms with Crippen molar-refractivity contribution in [2.24, 2.45) is 0 Å². The Morgan fingerprint density at radius 1 is 1.23 bits per heavy atom. The van der Waals surface area contributed by atoms with E-state index in [1.165, 1.54) is 0 Å². The molecular formula is C21H29N7O2S. The molecular weight excluding hydrogens is 414 g/mol. The van der Waals surface area contributed by atoms with E-state index in [0.29, 0.717) is 35.4 Å². The van der Waals surface area contributed by atoms with Crippen LogP contribution in [0, 0.1) is 0 Å². The van der Waals surface area contributed by atoms with Gasteiger partial charge in [-0.3, -0.25) is 4.21 Å². The second-order valence-electron chi connectivity index (χ2n) is 8.70. The van der Waals surface area contributed by atoms with Gasteiger partial charge >= 0.3 is 0 Å². The number of aromatic nitrogens is 4. The molecule has 0 fully saturated rings. The van der Waals surface area contributed by atoms with Gasteiger partial charge in [-0.05, 0) is 25.8 Å². The highest BCUT2D eigenvalue weighted by molar-refractivity contribution is 7.85. The molecule has 0 amide bonds. The number of hydrogen-bond acceptors (Lipinski definition) is 9. The van der Waals surface area contributed by atoms with Gasteiger partial charge in [-0.15, -0.1) is 0 Å². The Kier molecular flexibility index (Phi) is 5.94. The summed E-state index contributed by atoms with van der Waals surface area (Å²) in [6.45, 7) is 5.11. The van der Waals surface area contributed by atoms with E-state index in [2.05, 4.69) is 26.3 Å². The molecule has 0 bridgehead atoms. The number of aryl methyl sites for hydroxylation is 1. The smallest absolute Gasteiger partial charge is 0.227 e. The van der Waals surface area contributed by atoms with Gasteiger partial charge in [-0.25, -0.2) is 15.0 Å². The lowest BCUT2D eigenvalue weighted by Gasteiger charge is -2.29. The Hall–Kier alpha value is -2.59. The first-order valence-electron chi connectivity index (χ1n) is 10.4. The lowest BCUT2D eigenvalue weighted by molar-refractivity contribution is 0.233. The number of aliphatic hydroxyl groups is 1. The number of anilines is 3. The molecule has 4 rings (SSSR count). The highest BCUT2D eigenvalue weighted by Crippen LogP contribution is 2.32. The number of rotatable bonds is 6. The molecule has 2 aliphatic heterocycles. The quantitative estimate of drug-likeness (QED) is 0.686. The Morgan fingerprint density at radius 2 is 1.97 bits per heavy atom. The number of fused-ring (bicyclic) bond motifs is 1. The molecule has 166 valence electrons. The average Bonchev–Trinajstić information content (AvgIpc) is 3.15. The lowest BCUT2D eigenvalue weighted by atomic mass is 10.1. The number of nitrogens with one attached hydrogen (secondary N) is 1. The Morgan fingerprint density at radius 3 is 2.58 bits per heavy atom. The van der Waals surface area contributed by atoms with Crippen LogP contribution in [0.2, 0.25) is 0 Å². The molecule has 31 heavy (non-hydrogen) atoms. The molecule has 4 heterocycles. The zero-order valence-corrected chi connectivity index (χ0v) is 19.2. The standard InChI is InChI=1S/C21H29N7O2S/c1-21(2,13-29)26-19-17-16(7-10-31(17)30)24-20(25-19)28-8-5-14(6-9-28)18-22-11-15(12-23-18)27(3)4/h5,11-12,29H,6-10,13H2,1-4H3,(H,24,25,26)/t31-/m1/s1. The zero-order chi connectivity index (χ0) is 22.2. The molecule has 0 aliphatic carbocycles. The van der Waals surface area contributed by atoms with Crippen LogP contribution in [-0.4, -0.2) is 74.3 Å². The van der Waals surface area contributed by atoms with Gasteiger partial charge in [0.05, 0.1) is 46.7 Å². The molecule has 0 spiro atoms. The molecule has 0 radical (unpaired) electrons. The predicted octanol–water partition coefficient (Wildman–Crippen LogP) is 1.47. The molecule has 0 saturated carbocycles. The van der Waals surface area contributed by atoms with Crippen LogP contribution in [0.5, 0.6) is 0 Å². The van der Waals surface area contributed by atoms with Gasteiger partial charge < -0.3 is 20.2 Å². The van der Waals surface area contributed by atoms with Crippen molar-refractivity contribution >= 4 is 33.8 Å². The van der Waals surface area contributed by atoms with Crippen molar-refractivity contribution < 1.29 is 9.32 Å². The van der Waals surface area contributed by atoms with E-state index in [1.807, 2.05) is 45.2 Å². The second kappa shape index (κ2) is 8.51. The molecule has 2 aliphatic rings. The van der Waals surface area contributed by atoms with Gasteiger partial charge in [0.15, 0.2) is 5.82 Å². The molecule has 0 aromatic carbocycles. The highest BCUT2D eigenvalue weighted by atomic mass is 32.2. The Balaban J connectivity index is 1.57. The second-order valence-corrected chi connectivity index (χ2v) is 10.2. The van der Waals surface area contributed by atoms with E-state index in [4.69, 9.17) is 9.97 Å². The molecule has 0 unspecified atom stereocenters. The number of aliphatic hydroxyl groups excluding tert-OH is 1. The van der Waals surface area contributed by atoms with Crippen molar-refractivity contribution in [3.05, 3.63) is 30.0 Å². The minimum atomic E-state index is -1.11. The van der Waals surface area contributed by atoms with E-state index in [0.717, 1.165) is 35.7 Å². The average molecular weight is 444 g/mol. The zero-order valence-electron chi connectivity index (χ0n) is 18.4. The van der Waals surface area contributed by atoms with E-state index < -0.39 is 16.3 Å². The molecule has 2 aromatic heterocycles. The summed E-state index contributed by atoms with van der Waals surface area (Å²) in [6.07, 6.45) is 7.25. The monoisotopic (exact) mass is 443 g/mol. The van der Waals surface area contributed by atoms with Crippen LogP contribution in [0.4, 0.5) is 17.5 Å². The SMILES string of the molecule is CN(C)c1cnc(C2=CCN(c3nc4c(c(NC(C)(C)CO)n3)[S@](=O)CC4)CC2)nc1. The first-order valence-corrected chi connectivity index (χ1v) is 11.7. The van der Waals surface area contributed by atoms with Crippen LogP contribution >= 0.6 is 0 Å². The van der Waals surface area contributed by atoms with Gasteiger partial charge in [0.2, 0.25) is 5.95 Å². The van der Waals surface area contributed by atoms with Gasteiger partial charge in [-0.2, -0.15) is 4.98 Å². The minimum Gasteiger partial charge on any atom is -0.394 e. The largest absolute Gasteiger partial charge is 0.394 e. The van der Waals surface area contributed by atoms with Gasteiger partial charge in [0.1, 0.15) is 10.7 Å². The number of hydrogen-bond donors (Lipinski definition) is 2. The maximum atomic E-state index is 12.5. The van der Waals surface area contributed by atoms with E-state index in [9.17, 15) is 9.32 Å². The van der Waals surface area contributed by atoms with Crippen molar-refractivity contribution in [2.75, 3.05) is 54.7 Å². The highest BCUT2D eigenvalue weighted by Gasteiger charge is 2.30. The van der Waals surface area contributed by atoms with Crippen molar-refractivity contribution in [2.45, 2.75) is 37.1 Å². The first kappa shape index (κ1) is 21.6. The van der Waals surface area contributed by atoms with Crippen LogP contribution in [-0.2, 0) is 17.2 Å². The fraction of sp³-hybridized carbons (Fsp3) is 0.524. The van der Waals surface area contributed by atoms with Crippen LogP contribution in [0.1, 0.15) is 31.8 Å². The molecule has 0 saturated heterocycles. The normalized spacial score (nSPS) is 18.5.